The van der Waals surface area contributed by atoms with Gasteiger partial charge in [-0.1, -0.05) is 17.7 Å². The molecule has 106 valence electrons. The number of carbonyl (C=O) groups excluding carboxylic acids is 3. The molecule has 1 atom stereocenters. The predicted octanol–water partition coefficient (Wildman–Crippen LogP) is 1.07. The lowest BCUT2D eigenvalue weighted by molar-refractivity contribution is -0.127. The van der Waals surface area contributed by atoms with Crippen molar-refractivity contribution in [3.8, 4) is 0 Å². The van der Waals surface area contributed by atoms with Gasteiger partial charge in [0.2, 0.25) is 0 Å². The summed E-state index contributed by atoms with van der Waals surface area (Å²) in [4.78, 5) is 38.7. The third-order valence-electron chi connectivity index (χ3n) is 3.08. The van der Waals surface area contributed by atoms with Crippen LogP contribution in [0.25, 0.3) is 0 Å². The lowest BCUT2D eigenvalue weighted by atomic mass is 10.2. The summed E-state index contributed by atoms with van der Waals surface area (Å²) >= 11 is 5.88. The first-order valence-electron chi connectivity index (χ1n) is 5.73. The number of hydrogen-bond donors (Lipinski definition) is 1. The van der Waals surface area contributed by atoms with Crippen LogP contribution in [0.4, 0.5) is 15.3 Å². The topological polar surface area (TPSA) is 87.0 Å². The highest BCUT2D eigenvalue weighted by molar-refractivity contribution is 6.31. The standard InChI is InChI=1S/C12H13ClN4O3/c1-15-9(10(18)16(2)12(15)20)17(11(14)19)8-5-3-4-7(13)6-8/h3-6,9H,1-2H3,(H2,14,19). The van der Waals surface area contributed by atoms with E-state index in [0.29, 0.717) is 10.7 Å². The van der Waals surface area contributed by atoms with Crippen LogP contribution in [-0.2, 0) is 4.79 Å². The number of urea groups is 2. The maximum Gasteiger partial charge on any atom is 0.328 e. The van der Waals surface area contributed by atoms with Gasteiger partial charge in [0.1, 0.15) is 0 Å². The van der Waals surface area contributed by atoms with Gasteiger partial charge in [-0.2, -0.15) is 0 Å². The van der Waals surface area contributed by atoms with Gasteiger partial charge in [-0.15, -0.1) is 0 Å². The third kappa shape index (κ3) is 2.16. The summed E-state index contributed by atoms with van der Waals surface area (Å²) in [6.45, 7) is 0. The number of anilines is 1. The largest absolute Gasteiger partial charge is 0.351 e. The predicted molar refractivity (Wildman–Crippen MR) is 73.2 cm³/mol. The minimum atomic E-state index is -1.11. The second kappa shape index (κ2) is 5.01. The average molecular weight is 297 g/mol. The number of likely N-dealkylation sites (N-methyl/N-ethyl adjacent to an activating group) is 2. The van der Waals surface area contributed by atoms with Gasteiger partial charge in [-0.05, 0) is 18.2 Å². The van der Waals surface area contributed by atoms with Crippen LogP contribution in [0.1, 0.15) is 0 Å². The Hall–Kier alpha value is -2.28. The summed E-state index contributed by atoms with van der Waals surface area (Å²) in [5.41, 5.74) is 5.69. The molecule has 1 fully saturated rings. The molecule has 0 saturated carbocycles. The molecule has 0 bridgehead atoms. The number of primary amides is 1. The van der Waals surface area contributed by atoms with Crippen molar-refractivity contribution >= 4 is 35.3 Å². The molecule has 7 nitrogen and oxygen atoms in total. The van der Waals surface area contributed by atoms with Crippen LogP contribution < -0.4 is 10.6 Å². The van der Waals surface area contributed by atoms with Gasteiger partial charge in [0.25, 0.3) is 5.91 Å². The fraction of sp³-hybridized carbons (Fsp3) is 0.250. The van der Waals surface area contributed by atoms with Crippen molar-refractivity contribution in [1.82, 2.24) is 9.80 Å². The first-order chi connectivity index (χ1) is 9.34. The van der Waals surface area contributed by atoms with Gasteiger partial charge < -0.3 is 5.73 Å². The monoisotopic (exact) mass is 296 g/mol. The zero-order valence-corrected chi connectivity index (χ0v) is 11.7. The van der Waals surface area contributed by atoms with Crippen LogP contribution in [0.3, 0.4) is 0 Å². The number of hydrogen-bond acceptors (Lipinski definition) is 3. The first kappa shape index (κ1) is 14.1. The number of benzene rings is 1. The minimum absolute atomic E-state index is 0.346. The number of amides is 5. The number of carbonyl (C=O) groups is 3. The lowest BCUT2D eigenvalue weighted by Gasteiger charge is -2.29. The Kier molecular flexibility index (Phi) is 3.54. The first-order valence-corrected chi connectivity index (χ1v) is 6.11. The molecule has 8 heteroatoms. The summed E-state index contributed by atoms with van der Waals surface area (Å²) in [5, 5.41) is 0.390. The maximum absolute atomic E-state index is 12.1. The van der Waals surface area contributed by atoms with Crippen LogP contribution in [0, 0.1) is 0 Å². The van der Waals surface area contributed by atoms with E-state index in [1.807, 2.05) is 0 Å². The van der Waals surface area contributed by atoms with Gasteiger partial charge >= 0.3 is 12.1 Å². The summed E-state index contributed by atoms with van der Waals surface area (Å²) in [6.07, 6.45) is -1.11. The summed E-state index contributed by atoms with van der Waals surface area (Å²) in [6, 6.07) is 4.98. The van der Waals surface area contributed by atoms with Gasteiger partial charge in [0.15, 0.2) is 6.17 Å². The molecule has 1 aliphatic rings. The Morgan fingerprint density at radius 2 is 2.00 bits per heavy atom. The number of nitrogens with zero attached hydrogens (tertiary/aromatic N) is 3. The van der Waals surface area contributed by atoms with Gasteiger partial charge in [0, 0.05) is 24.8 Å². The highest BCUT2D eigenvalue weighted by atomic mass is 35.5. The normalized spacial score (nSPS) is 18.6. The molecule has 0 aromatic heterocycles. The van der Waals surface area contributed by atoms with E-state index in [1.54, 1.807) is 18.2 Å². The number of halogens is 1. The third-order valence-corrected chi connectivity index (χ3v) is 3.31. The zero-order chi connectivity index (χ0) is 15.0. The number of imide groups is 1. The molecule has 5 amide bonds. The molecular weight excluding hydrogens is 284 g/mol. The molecule has 0 aliphatic carbocycles. The summed E-state index contributed by atoms with van der Waals surface area (Å²) in [7, 11) is 2.77. The second-order valence-electron chi connectivity index (χ2n) is 4.35. The van der Waals surface area contributed by atoms with Crippen molar-refractivity contribution in [2.45, 2.75) is 6.17 Å². The number of rotatable bonds is 2. The lowest BCUT2D eigenvalue weighted by Crippen LogP contribution is -2.53. The summed E-state index contributed by atoms with van der Waals surface area (Å²) < 4.78 is 0. The SMILES string of the molecule is CN1C(=O)C(N(C(N)=O)c2cccc(Cl)c2)N(C)C1=O. The van der Waals surface area contributed by atoms with E-state index >= 15 is 0 Å². The van der Waals surface area contributed by atoms with Crippen molar-refractivity contribution < 1.29 is 14.4 Å². The molecular formula is C12H13ClN4O3. The molecule has 1 aromatic carbocycles. The minimum Gasteiger partial charge on any atom is -0.351 e. The van der Waals surface area contributed by atoms with Crippen molar-refractivity contribution in [2.24, 2.45) is 5.73 Å². The highest BCUT2D eigenvalue weighted by Crippen LogP contribution is 2.26. The Bertz CT molecular complexity index is 592. The maximum atomic E-state index is 12.1. The number of nitrogens with two attached hydrogens (primary N) is 1. The van der Waals surface area contributed by atoms with E-state index in [9.17, 15) is 14.4 Å². The second-order valence-corrected chi connectivity index (χ2v) is 4.79. The van der Waals surface area contributed by atoms with Gasteiger partial charge in [-0.25, -0.2) is 9.59 Å². The van der Waals surface area contributed by atoms with Crippen molar-refractivity contribution in [1.29, 1.82) is 0 Å². The smallest absolute Gasteiger partial charge is 0.328 e. The summed E-state index contributed by atoms with van der Waals surface area (Å²) in [5.74, 6) is -0.531. The highest BCUT2D eigenvalue weighted by Gasteiger charge is 2.46. The Balaban J connectivity index is 2.47. The fourth-order valence-electron chi connectivity index (χ4n) is 2.07. The molecule has 1 heterocycles. The molecule has 0 spiro atoms. The Morgan fingerprint density at radius 3 is 2.45 bits per heavy atom. The van der Waals surface area contributed by atoms with E-state index in [4.69, 9.17) is 17.3 Å². The molecule has 1 aromatic rings. The van der Waals surface area contributed by atoms with E-state index in [2.05, 4.69) is 0 Å². The molecule has 1 unspecified atom stereocenters. The van der Waals surface area contributed by atoms with E-state index in [1.165, 1.54) is 20.2 Å². The van der Waals surface area contributed by atoms with Gasteiger partial charge in [0.05, 0.1) is 0 Å². The van der Waals surface area contributed by atoms with E-state index in [-0.39, 0.29) is 0 Å². The van der Waals surface area contributed by atoms with Crippen molar-refractivity contribution in [3.63, 3.8) is 0 Å². The van der Waals surface area contributed by atoms with Crippen LogP contribution >= 0.6 is 11.6 Å². The van der Waals surface area contributed by atoms with E-state index < -0.39 is 24.1 Å². The van der Waals surface area contributed by atoms with Crippen molar-refractivity contribution in [2.75, 3.05) is 19.0 Å². The Morgan fingerprint density at radius 1 is 1.35 bits per heavy atom. The van der Waals surface area contributed by atoms with Gasteiger partial charge in [-0.3, -0.25) is 19.5 Å². The molecule has 1 aliphatic heterocycles. The fourth-order valence-corrected chi connectivity index (χ4v) is 2.26. The van der Waals surface area contributed by atoms with Crippen LogP contribution in [0.5, 0.6) is 0 Å². The quantitative estimate of drug-likeness (QED) is 0.828. The van der Waals surface area contributed by atoms with Crippen LogP contribution in [-0.4, -0.2) is 48.0 Å². The van der Waals surface area contributed by atoms with Crippen molar-refractivity contribution in [3.05, 3.63) is 29.3 Å². The molecule has 1 saturated heterocycles. The van der Waals surface area contributed by atoms with Crippen LogP contribution in [0.2, 0.25) is 5.02 Å². The molecule has 0 radical (unpaired) electrons. The average Bonchev–Trinajstić information content (AvgIpc) is 2.57. The molecule has 20 heavy (non-hydrogen) atoms. The molecule has 2 rings (SSSR count). The Labute approximate surface area is 120 Å². The molecule has 2 N–H and O–H groups in total. The van der Waals surface area contributed by atoms with E-state index in [0.717, 1.165) is 14.7 Å². The zero-order valence-electron chi connectivity index (χ0n) is 10.9. The van der Waals surface area contributed by atoms with Crippen LogP contribution in [0.15, 0.2) is 24.3 Å².